The lowest BCUT2D eigenvalue weighted by Crippen LogP contribution is -2.36. The molecule has 1 aliphatic rings. The van der Waals surface area contributed by atoms with Gasteiger partial charge in [-0.05, 0) is 57.0 Å². The number of thiazole rings is 1. The van der Waals surface area contributed by atoms with Gasteiger partial charge in [-0.25, -0.2) is 4.98 Å². The van der Waals surface area contributed by atoms with Crippen LogP contribution >= 0.6 is 11.3 Å². The number of hydrogen-bond donors (Lipinski definition) is 1. The summed E-state index contributed by atoms with van der Waals surface area (Å²) in [6, 6.07) is 4.40. The summed E-state index contributed by atoms with van der Waals surface area (Å²) in [5, 5.41) is 3.09. The number of nitrogens with one attached hydrogen (secondary N) is 1. The highest BCUT2D eigenvalue weighted by Crippen LogP contribution is 2.37. The second kappa shape index (κ2) is 8.21. The van der Waals surface area contributed by atoms with Crippen molar-refractivity contribution >= 4 is 22.4 Å². The Morgan fingerprint density at radius 3 is 2.71 bits per heavy atom. The van der Waals surface area contributed by atoms with Crippen LogP contribution in [0.25, 0.3) is 11.3 Å². The lowest BCUT2D eigenvalue weighted by Gasteiger charge is -2.33. The smallest absolute Gasteiger partial charge is 0.302 e. The zero-order valence-corrected chi connectivity index (χ0v) is 17.0. The fourth-order valence-corrected chi connectivity index (χ4v) is 4.60. The molecule has 0 bridgehead atoms. The van der Waals surface area contributed by atoms with Gasteiger partial charge in [-0.15, -0.1) is 0 Å². The highest BCUT2D eigenvalue weighted by Gasteiger charge is 2.31. The van der Waals surface area contributed by atoms with Crippen molar-refractivity contribution in [1.82, 2.24) is 9.88 Å². The van der Waals surface area contributed by atoms with E-state index in [1.54, 1.807) is 13.0 Å². The Hall–Kier alpha value is -1.93. The Kier molecular flexibility index (Phi) is 6.09. The minimum absolute atomic E-state index is 0.251. The molecule has 1 fully saturated rings. The van der Waals surface area contributed by atoms with Crippen LogP contribution in [0.3, 0.4) is 0 Å². The van der Waals surface area contributed by atoms with Crippen molar-refractivity contribution in [2.45, 2.75) is 58.8 Å². The molecule has 1 amide bonds. The molecule has 0 spiro atoms. The molecule has 1 aliphatic heterocycles. The predicted molar refractivity (Wildman–Crippen MR) is 105 cm³/mol. The van der Waals surface area contributed by atoms with Gasteiger partial charge in [0.25, 0.3) is 0 Å². The molecule has 0 radical (unpaired) electrons. The van der Waals surface area contributed by atoms with E-state index in [1.807, 2.05) is 0 Å². The summed E-state index contributed by atoms with van der Waals surface area (Å²) in [5.74, 6) is -0.251. The molecule has 2 heterocycles. The van der Waals surface area contributed by atoms with Crippen molar-refractivity contribution in [3.8, 4) is 11.3 Å². The molecule has 3 rings (SSSR count). The highest BCUT2D eigenvalue weighted by molar-refractivity contribution is 7.16. The molecule has 8 heteroatoms. The van der Waals surface area contributed by atoms with Crippen LogP contribution in [0, 0.1) is 6.92 Å². The number of aryl methyl sites for hydroxylation is 1. The minimum atomic E-state index is -4.42. The van der Waals surface area contributed by atoms with E-state index in [0.717, 1.165) is 36.4 Å². The molecular weight excluding hydrogens is 387 g/mol. The molecule has 1 aromatic heterocycles. The quantitative estimate of drug-likeness (QED) is 0.726. The van der Waals surface area contributed by atoms with Crippen molar-refractivity contribution in [3.05, 3.63) is 34.2 Å². The Labute approximate surface area is 166 Å². The largest absolute Gasteiger partial charge is 0.416 e. The summed E-state index contributed by atoms with van der Waals surface area (Å²) in [5.41, 5.74) is 0.783. The van der Waals surface area contributed by atoms with Gasteiger partial charge in [-0.3, -0.25) is 9.69 Å². The Morgan fingerprint density at radius 1 is 1.32 bits per heavy atom. The molecule has 28 heavy (non-hydrogen) atoms. The average molecular weight is 411 g/mol. The van der Waals surface area contributed by atoms with Crippen LogP contribution in [0.1, 0.15) is 49.1 Å². The third-order valence-corrected chi connectivity index (χ3v) is 5.90. The van der Waals surface area contributed by atoms with Crippen LogP contribution < -0.4 is 5.32 Å². The second-order valence-corrected chi connectivity index (χ2v) is 8.46. The minimum Gasteiger partial charge on any atom is -0.302 e. The van der Waals surface area contributed by atoms with E-state index in [-0.39, 0.29) is 5.91 Å². The highest BCUT2D eigenvalue weighted by atomic mass is 32.1. The molecule has 1 aromatic carbocycles. The van der Waals surface area contributed by atoms with Gasteiger partial charge in [0, 0.05) is 30.0 Å². The number of hydrogen-bond acceptors (Lipinski definition) is 4. The van der Waals surface area contributed by atoms with Gasteiger partial charge in [-0.1, -0.05) is 17.8 Å². The lowest BCUT2D eigenvalue weighted by molar-refractivity contribution is -0.137. The van der Waals surface area contributed by atoms with Gasteiger partial charge in [0.05, 0.1) is 11.3 Å². The SMILES string of the molecule is CC(=O)Nc1nc(-c2cc(C)cc(C(F)(F)F)c2)c(CN2CCCC[C@H]2C)s1. The number of piperidine rings is 1. The molecule has 1 atom stereocenters. The van der Waals surface area contributed by atoms with Gasteiger partial charge in [0.1, 0.15) is 0 Å². The second-order valence-electron chi connectivity index (χ2n) is 7.37. The van der Waals surface area contributed by atoms with Gasteiger partial charge < -0.3 is 5.32 Å². The summed E-state index contributed by atoms with van der Waals surface area (Å²) in [6.45, 7) is 6.77. The van der Waals surface area contributed by atoms with Crippen molar-refractivity contribution in [2.75, 3.05) is 11.9 Å². The fraction of sp³-hybridized carbons (Fsp3) is 0.500. The molecule has 152 valence electrons. The van der Waals surface area contributed by atoms with Gasteiger partial charge in [0.2, 0.25) is 5.91 Å². The maximum atomic E-state index is 13.3. The van der Waals surface area contributed by atoms with E-state index in [4.69, 9.17) is 0 Å². The van der Waals surface area contributed by atoms with Crippen molar-refractivity contribution in [3.63, 3.8) is 0 Å². The van der Waals surface area contributed by atoms with E-state index in [1.165, 1.54) is 24.7 Å². The summed E-state index contributed by atoms with van der Waals surface area (Å²) in [7, 11) is 0. The molecule has 1 N–H and O–H groups in total. The molecule has 4 nitrogen and oxygen atoms in total. The maximum Gasteiger partial charge on any atom is 0.416 e. The first-order chi connectivity index (χ1) is 13.1. The zero-order chi connectivity index (χ0) is 20.5. The monoisotopic (exact) mass is 411 g/mol. The number of anilines is 1. The third kappa shape index (κ3) is 4.91. The first kappa shape index (κ1) is 20.8. The number of nitrogens with zero attached hydrogens (tertiary/aromatic N) is 2. The average Bonchev–Trinajstić information content (AvgIpc) is 2.97. The van der Waals surface area contributed by atoms with Gasteiger partial charge >= 0.3 is 6.18 Å². The summed E-state index contributed by atoms with van der Waals surface area (Å²) >= 11 is 1.33. The summed E-state index contributed by atoms with van der Waals surface area (Å²) < 4.78 is 39.8. The normalized spacial score (nSPS) is 18.3. The van der Waals surface area contributed by atoms with E-state index in [0.29, 0.717) is 34.5 Å². The number of carbonyl (C=O) groups is 1. The van der Waals surface area contributed by atoms with Crippen LogP contribution in [-0.4, -0.2) is 28.4 Å². The van der Waals surface area contributed by atoms with Crippen molar-refractivity contribution in [1.29, 1.82) is 0 Å². The molecule has 2 aromatic rings. The summed E-state index contributed by atoms with van der Waals surface area (Å²) in [6.07, 6.45) is -1.01. The first-order valence-corrected chi connectivity index (χ1v) is 10.2. The number of amides is 1. The molecule has 0 saturated carbocycles. The molecular formula is C20H24F3N3OS. The van der Waals surface area contributed by atoms with Gasteiger partial charge in [-0.2, -0.15) is 13.2 Å². The van der Waals surface area contributed by atoms with Crippen molar-refractivity contribution < 1.29 is 18.0 Å². The number of likely N-dealkylation sites (tertiary alicyclic amines) is 1. The first-order valence-electron chi connectivity index (χ1n) is 9.34. The maximum absolute atomic E-state index is 13.3. The molecule has 0 unspecified atom stereocenters. The number of benzene rings is 1. The Bertz CT molecular complexity index is 863. The van der Waals surface area contributed by atoms with Crippen LogP contribution in [0.15, 0.2) is 18.2 Å². The number of halogens is 3. The zero-order valence-electron chi connectivity index (χ0n) is 16.2. The number of aromatic nitrogens is 1. The van der Waals surface area contributed by atoms with E-state index < -0.39 is 11.7 Å². The number of carbonyl (C=O) groups excluding carboxylic acids is 1. The molecule has 0 aliphatic carbocycles. The Balaban J connectivity index is 2.02. The van der Waals surface area contributed by atoms with Crippen molar-refractivity contribution in [2.24, 2.45) is 0 Å². The summed E-state index contributed by atoms with van der Waals surface area (Å²) in [4.78, 5) is 19.1. The predicted octanol–water partition coefficient (Wildman–Crippen LogP) is 5.47. The third-order valence-electron chi connectivity index (χ3n) is 4.95. The number of rotatable bonds is 4. The van der Waals surface area contributed by atoms with Crippen LogP contribution in [0.5, 0.6) is 0 Å². The van der Waals surface area contributed by atoms with Crippen LogP contribution in [0.4, 0.5) is 18.3 Å². The topological polar surface area (TPSA) is 45.2 Å². The van der Waals surface area contributed by atoms with E-state index in [9.17, 15) is 18.0 Å². The standard InChI is InChI=1S/C20H24F3N3OS/c1-12-8-15(10-16(9-12)20(21,22)23)18-17(28-19(25-18)24-14(3)27)11-26-7-5-4-6-13(26)2/h8-10,13H,4-7,11H2,1-3H3,(H,24,25,27)/t13-/m1/s1. The van der Waals surface area contributed by atoms with E-state index >= 15 is 0 Å². The fourth-order valence-electron chi connectivity index (χ4n) is 3.55. The molecule has 1 saturated heterocycles. The van der Waals surface area contributed by atoms with Crippen LogP contribution in [0.2, 0.25) is 0 Å². The van der Waals surface area contributed by atoms with E-state index in [2.05, 4.69) is 22.1 Å². The van der Waals surface area contributed by atoms with Crippen LogP contribution in [-0.2, 0) is 17.5 Å². The Morgan fingerprint density at radius 2 is 2.07 bits per heavy atom. The number of alkyl halides is 3. The van der Waals surface area contributed by atoms with Gasteiger partial charge in [0.15, 0.2) is 5.13 Å². The lowest BCUT2D eigenvalue weighted by atomic mass is 10.0.